The van der Waals surface area contributed by atoms with Gasteiger partial charge in [-0.2, -0.15) is 5.10 Å². The number of carbonyl (C=O) groups excluding carboxylic acids is 1. The molecule has 0 saturated carbocycles. The van der Waals surface area contributed by atoms with Gasteiger partial charge in [-0.05, 0) is 30.3 Å². The molecule has 8 nitrogen and oxygen atoms in total. The van der Waals surface area contributed by atoms with Crippen LogP contribution in [0.15, 0.2) is 48.5 Å². The summed E-state index contributed by atoms with van der Waals surface area (Å²) in [5, 5.41) is 20.1. The minimum absolute atomic E-state index is 0.148. The van der Waals surface area contributed by atoms with Crippen molar-refractivity contribution in [2.45, 2.75) is 0 Å². The summed E-state index contributed by atoms with van der Waals surface area (Å²) in [5.41, 5.74) is 1.25. The van der Waals surface area contributed by atoms with E-state index in [4.69, 9.17) is 4.74 Å². The highest BCUT2D eigenvalue weighted by atomic mass is 19.1. The molecule has 0 bridgehead atoms. The predicted molar refractivity (Wildman–Crippen MR) is 91.6 cm³/mol. The second-order valence-electron chi connectivity index (χ2n) is 5.30. The van der Waals surface area contributed by atoms with E-state index in [9.17, 15) is 19.3 Å². The van der Waals surface area contributed by atoms with Crippen LogP contribution < -0.4 is 10.1 Å². The minimum Gasteiger partial charge on any atom is -0.496 e. The van der Waals surface area contributed by atoms with E-state index in [1.165, 1.54) is 43.5 Å². The van der Waals surface area contributed by atoms with E-state index < -0.39 is 10.8 Å². The summed E-state index contributed by atoms with van der Waals surface area (Å²) in [6, 6.07) is 11.1. The fourth-order valence-electron chi connectivity index (χ4n) is 2.28. The highest BCUT2D eigenvalue weighted by Crippen LogP contribution is 2.26. The Morgan fingerprint density at radius 1 is 1.23 bits per heavy atom. The van der Waals surface area contributed by atoms with Crippen molar-refractivity contribution in [2.24, 2.45) is 0 Å². The molecule has 1 amide bonds. The van der Waals surface area contributed by atoms with Crippen molar-refractivity contribution in [1.82, 2.24) is 10.2 Å². The van der Waals surface area contributed by atoms with Crippen LogP contribution in [0.1, 0.15) is 10.5 Å². The molecular weight excluding hydrogens is 343 g/mol. The van der Waals surface area contributed by atoms with E-state index in [0.29, 0.717) is 11.3 Å². The van der Waals surface area contributed by atoms with Gasteiger partial charge < -0.3 is 10.1 Å². The van der Waals surface area contributed by atoms with Crippen LogP contribution >= 0.6 is 0 Å². The Bertz CT molecular complexity index is 969. The van der Waals surface area contributed by atoms with Crippen LogP contribution in [0.3, 0.4) is 0 Å². The number of ether oxygens (including phenoxy) is 1. The number of rotatable bonds is 5. The lowest BCUT2D eigenvalue weighted by Crippen LogP contribution is -2.12. The molecule has 0 unspecified atom stereocenters. The van der Waals surface area contributed by atoms with Gasteiger partial charge in [0.15, 0.2) is 0 Å². The molecule has 26 heavy (non-hydrogen) atoms. The molecule has 0 spiro atoms. The van der Waals surface area contributed by atoms with E-state index >= 15 is 0 Å². The average molecular weight is 356 g/mol. The van der Waals surface area contributed by atoms with Crippen LogP contribution in [-0.4, -0.2) is 28.1 Å². The van der Waals surface area contributed by atoms with E-state index in [0.717, 1.165) is 0 Å². The molecular formula is C17H13FN4O4. The van der Waals surface area contributed by atoms with Gasteiger partial charge in [0.2, 0.25) is 0 Å². The summed E-state index contributed by atoms with van der Waals surface area (Å²) < 4.78 is 18.0. The lowest BCUT2D eigenvalue weighted by atomic mass is 10.1. The standard InChI is InChI=1S/C17H13FN4O4/c1-26-14-7-12(6-13(8-14)22(24)25)19-17(23)16-9-15(20-21-16)10-2-4-11(18)5-3-10/h2-9H,1H3,(H,19,23)(H,20,21). The van der Waals surface area contributed by atoms with E-state index in [1.807, 2.05) is 0 Å². The largest absolute Gasteiger partial charge is 0.496 e. The molecule has 9 heteroatoms. The molecule has 1 aromatic heterocycles. The Labute approximate surface area is 146 Å². The number of H-pyrrole nitrogens is 1. The molecule has 3 aromatic rings. The maximum Gasteiger partial charge on any atom is 0.275 e. The number of amides is 1. The summed E-state index contributed by atoms with van der Waals surface area (Å²) >= 11 is 0. The number of methoxy groups -OCH3 is 1. The highest BCUT2D eigenvalue weighted by molar-refractivity contribution is 6.03. The molecule has 1 heterocycles. The van der Waals surface area contributed by atoms with Gasteiger partial charge in [0, 0.05) is 17.7 Å². The molecule has 0 aliphatic rings. The van der Waals surface area contributed by atoms with Gasteiger partial charge in [0.1, 0.15) is 17.3 Å². The van der Waals surface area contributed by atoms with Crippen LogP contribution in [0.2, 0.25) is 0 Å². The number of aromatic nitrogens is 2. The average Bonchev–Trinajstić information content (AvgIpc) is 3.12. The van der Waals surface area contributed by atoms with Crippen molar-refractivity contribution in [1.29, 1.82) is 0 Å². The number of halogens is 1. The monoisotopic (exact) mass is 356 g/mol. The van der Waals surface area contributed by atoms with Crippen molar-refractivity contribution >= 4 is 17.3 Å². The van der Waals surface area contributed by atoms with E-state index in [2.05, 4.69) is 15.5 Å². The third kappa shape index (κ3) is 3.66. The minimum atomic E-state index is -0.582. The van der Waals surface area contributed by atoms with Crippen LogP contribution in [0.4, 0.5) is 15.8 Å². The summed E-state index contributed by atoms with van der Waals surface area (Å²) in [4.78, 5) is 22.7. The molecule has 132 valence electrons. The number of nitro benzene ring substituents is 1. The zero-order chi connectivity index (χ0) is 18.7. The highest BCUT2D eigenvalue weighted by Gasteiger charge is 2.15. The zero-order valence-corrected chi connectivity index (χ0v) is 13.5. The molecule has 2 N–H and O–H groups in total. The van der Waals surface area contributed by atoms with Gasteiger partial charge in [-0.25, -0.2) is 4.39 Å². The number of aromatic amines is 1. The third-order valence-electron chi connectivity index (χ3n) is 3.56. The second-order valence-corrected chi connectivity index (χ2v) is 5.30. The molecule has 0 saturated heterocycles. The lowest BCUT2D eigenvalue weighted by molar-refractivity contribution is -0.384. The number of nitro groups is 1. The van der Waals surface area contributed by atoms with Crippen molar-refractivity contribution in [2.75, 3.05) is 12.4 Å². The van der Waals surface area contributed by atoms with Gasteiger partial charge in [0.05, 0.1) is 29.5 Å². The van der Waals surface area contributed by atoms with Gasteiger partial charge in [-0.15, -0.1) is 0 Å². The number of non-ortho nitro benzene ring substituents is 1. The van der Waals surface area contributed by atoms with Crippen LogP contribution in [-0.2, 0) is 0 Å². The number of hydrogen-bond donors (Lipinski definition) is 2. The number of hydrogen-bond acceptors (Lipinski definition) is 5. The van der Waals surface area contributed by atoms with Gasteiger partial charge in [-0.3, -0.25) is 20.0 Å². The Morgan fingerprint density at radius 3 is 2.62 bits per heavy atom. The summed E-state index contributed by atoms with van der Waals surface area (Å²) in [7, 11) is 1.37. The molecule has 3 rings (SSSR count). The Balaban J connectivity index is 1.81. The second kappa shape index (κ2) is 7.01. The maximum atomic E-state index is 13.0. The summed E-state index contributed by atoms with van der Waals surface area (Å²) in [5.74, 6) is -0.665. The number of nitrogens with one attached hydrogen (secondary N) is 2. The molecule has 2 aromatic carbocycles. The van der Waals surface area contributed by atoms with Crippen molar-refractivity contribution < 1.29 is 18.8 Å². The first kappa shape index (κ1) is 17.1. The topological polar surface area (TPSA) is 110 Å². The Kier molecular flexibility index (Phi) is 4.61. The summed E-state index contributed by atoms with van der Waals surface area (Å²) in [6.07, 6.45) is 0. The fraction of sp³-hybridized carbons (Fsp3) is 0.0588. The molecule has 0 aliphatic heterocycles. The van der Waals surface area contributed by atoms with Crippen LogP contribution in [0, 0.1) is 15.9 Å². The molecule has 0 radical (unpaired) electrons. The SMILES string of the molecule is COc1cc(NC(=O)c2cc(-c3ccc(F)cc3)n[nH]2)cc([N+](=O)[O-])c1. The predicted octanol–water partition coefficient (Wildman–Crippen LogP) is 3.38. The first-order valence-electron chi connectivity index (χ1n) is 7.42. The van der Waals surface area contributed by atoms with E-state index in [-0.39, 0.29) is 28.6 Å². The quantitative estimate of drug-likeness (QED) is 0.538. The Morgan fingerprint density at radius 2 is 1.96 bits per heavy atom. The van der Waals surface area contributed by atoms with Gasteiger partial charge in [0.25, 0.3) is 11.6 Å². The normalized spacial score (nSPS) is 10.4. The fourth-order valence-corrected chi connectivity index (χ4v) is 2.28. The Hall–Kier alpha value is -3.75. The number of nitrogens with zero attached hydrogens (tertiary/aromatic N) is 2. The van der Waals surface area contributed by atoms with Gasteiger partial charge in [-0.1, -0.05) is 0 Å². The smallest absolute Gasteiger partial charge is 0.275 e. The number of anilines is 1. The molecule has 0 aliphatic carbocycles. The van der Waals surface area contributed by atoms with Gasteiger partial charge >= 0.3 is 0 Å². The number of benzene rings is 2. The van der Waals surface area contributed by atoms with Crippen molar-refractivity contribution in [3.05, 3.63) is 70.2 Å². The maximum absolute atomic E-state index is 13.0. The third-order valence-corrected chi connectivity index (χ3v) is 3.56. The first-order chi connectivity index (χ1) is 12.5. The molecule has 0 atom stereocenters. The number of carbonyl (C=O) groups is 1. The lowest BCUT2D eigenvalue weighted by Gasteiger charge is -2.06. The van der Waals surface area contributed by atoms with Crippen molar-refractivity contribution in [3.8, 4) is 17.0 Å². The first-order valence-corrected chi connectivity index (χ1v) is 7.42. The van der Waals surface area contributed by atoms with Crippen LogP contribution in [0.5, 0.6) is 5.75 Å². The van der Waals surface area contributed by atoms with Crippen molar-refractivity contribution in [3.63, 3.8) is 0 Å². The molecule has 0 fully saturated rings. The zero-order valence-electron chi connectivity index (χ0n) is 13.5. The summed E-state index contributed by atoms with van der Waals surface area (Å²) in [6.45, 7) is 0. The van der Waals surface area contributed by atoms with Crippen LogP contribution in [0.25, 0.3) is 11.3 Å². The van der Waals surface area contributed by atoms with E-state index in [1.54, 1.807) is 12.1 Å².